The topological polar surface area (TPSA) is 90.6 Å². The van der Waals surface area contributed by atoms with Crippen molar-refractivity contribution in [1.82, 2.24) is 44.0 Å². The molecule has 0 aliphatic heterocycles. The quantitative estimate of drug-likeness (QED) is 0.474. The van der Waals surface area contributed by atoms with Crippen molar-refractivity contribution in [3.05, 3.63) is 67.6 Å². The van der Waals surface area contributed by atoms with Gasteiger partial charge >= 0.3 is 0 Å². The number of hydrogen-bond acceptors (Lipinski definition) is 6. The minimum Gasteiger partial charge on any atom is -0.289 e. The molecular weight excluding hydrogens is 342 g/mol. The van der Waals surface area contributed by atoms with Crippen LogP contribution >= 0.6 is 0 Å². The Kier molecular flexibility index (Phi) is 2.70. The predicted octanol–water partition coefficient (Wildman–Crippen LogP) is 2.15. The van der Waals surface area contributed by atoms with Crippen LogP contribution in [-0.2, 0) is 0 Å². The molecule has 0 saturated heterocycles. The van der Waals surface area contributed by atoms with E-state index in [1.54, 1.807) is 34.2 Å². The summed E-state index contributed by atoms with van der Waals surface area (Å²) in [6, 6.07) is 11.9. The van der Waals surface area contributed by atoms with Crippen molar-refractivity contribution >= 4 is 16.7 Å². The van der Waals surface area contributed by atoms with Gasteiger partial charge in [-0.05, 0) is 36.4 Å². The van der Waals surface area contributed by atoms with Gasteiger partial charge in [-0.25, -0.2) is 9.50 Å². The Hall–Kier alpha value is -4.14. The van der Waals surface area contributed by atoms with E-state index >= 15 is 0 Å². The van der Waals surface area contributed by atoms with Crippen molar-refractivity contribution in [3.8, 4) is 22.5 Å². The summed E-state index contributed by atoms with van der Waals surface area (Å²) in [5, 5.41) is 21.5. The molecule has 0 saturated carbocycles. The summed E-state index contributed by atoms with van der Waals surface area (Å²) >= 11 is 0. The van der Waals surface area contributed by atoms with Crippen LogP contribution in [0.1, 0.15) is 0 Å². The van der Waals surface area contributed by atoms with Crippen LogP contribution in [0, 0.1) is 0 Å². The summed E-state index contributed by atoms with van der Waals surface area (Å²) in [6.45, 7) is 0. The molecule has 128 valence electrons. The maximum absolute atomic E-state index is 4.56. The second kappa shape index (κ2) is 5.18. The van der Waals surface area contributed by atoms with E-state index in [2.05, 4.69) is 30.5 Å². The maximum atomic E-state index is 4.56. The summed E-state index contributed by atoms with van der Waals surface area (Å²) in [6.07, 6.45) is 8.78. The second-order valence-corrected chi connectivity index (χ2v) is 6.18. The fourth-order valence-electron chi connectivity index (χ4n) is 3.14. The molecule has 0 radical (unpaired) electrons. The molecule has 0 amide bonds. The smallest absolute Gasteiger partial charge is 0.161 e. The predicted molar refractivity (Wildman–Crippen MR) is 96.9 cm³/mol. The van der Waals surface area contributed by atoms with Crippen LogP contribution < -0.4 is 0 Å². The average molecular weight is 353 g/mol. The highest BCUT2D eigenvalue weighted by molar-refractivity contribution is 5.73. The second-order valence-electron chi connectivity index (χ2n) is 6.18. The largest absolute Gasteiger partial charge is 0.289 e. The van der Waals surface area contributed by atoms with Gasteiger partial charge in [-0.2, -0.15) is 14.8 Å². The van der Waals surface area contributed by atoms with E-state index in [1.165, 1.54) is 0 Å². The van der Waals surface area contributed by atoms with Crippen molar-refractivity contribution < 1.29 is 0 Å². The summed E-state index contributed by atoms with van der Waals surface area (Å²) in [5.74, 6) is 0. The Labute approximate surface area is 151 Å². The molecule has 0 fully saturated rings. The van der Waals surface area contributed by atoms with Gasteiger partial charge < -0.3 is 0 Å². The van der Waals surface area contributed by atoms with Crippen LogP contribution in [0.25, 0.3) is 39.2 Å². The van der Waals surface area contributed by atoms with Gasteiger partial charge in [0.05, 0.1) is 28.6 Å². The lowest BCUT2D eigenvalue weighted by Gasteiger charge is -1.96. The molecule has 0 unspecified atom stereocenters. The average Bonchev–Trinajstić information content (AvgIpc) is 3.42. The lowest BCUT2D eigenvalue weighted by Crippen LogP contribution is -1.94. The molecule has 0 aromatic carbocycles. The Morgan fingerprint density at radius 2 is 1.74 bits per heavy atom. The van der Waals surface area contributed by atoms with Gasteiger partial charge in [0.2, 0.25) is 0 Å². The van der Waals surface area contributed by atoms with Crippen molar-refractivity contribution in [2.45, 2.75) is 0 Å². The van der Waals surface area contributed by atoms with Crippen molar-refractivity contribution in [3.63, 3.8) is 0 Å². The fraction of sp³-hybridized carbons (Fsp3) is 0. The molecule has 6 aromatic heterocycles. The molecule has 0 spiro atoms. The highest BCUT2D eigenvalue weighted by Crippen LogP contribution is 2.24. The molecule has 0 aliphatic rings. The summed E-state index contributed by atoms with van der Waals surface area (Å²) in [7, 11) is 0. The summed E-state index contributed by atoms with van der Waals surface area (Å²) < 4.78 is 5.22. The van der Waals surface area contributed by atoms with Crippen LogP contribution in [0.3, 0.4) is 0 Å². The van der Waals surface area contributed by atoms with Crippen LogP contribution in [0.4, 0.5) is 0 Å². The monoisotopic (exact) mass is 353 g/mol. The van der Waals surface area contributed by atoms with E-state index in [9.17, 15) is 0 Å². The lowest BCUT2D eigenvalue weighted by molar-refractivity contribution is 0.803. The zero-order valence-electron chi connectivity index (χ0n) is 13.9. The third-order valence-electron chi connectivity index (χ3n) is 4.49. The molecule has 6 rings (SSSR count). The van der Waals surface area contributed by atoms with E-state index < -0.39 is 0 Å². The first-order chi connectivity index (χ1) is 13.3. The van der Waals surface area contributed by atoms with Crippen LogP contribution in [0.2, 0.25) is 0 Å². The van der Waals surface area contributed by atoms with E-state index in [1.807, 2.05) is 47.0 Å². The van der Waals surface area contributed by atoms with Gasteiger partial charge in [-0.3, -0.25) is 4.40 Å². The Balaban J connectivity index is 1.46. The van der Waals surface area contributed by atoms with E-state index in [0.29, 0.717) is 0 Å². The zero-order valence-corrected chi connectivity index (χ0v) is 13.9. The number of pyridine rings is 1. The molecule has 6 aromatic rings. The van der Waals surface area contributed by atoms with Crippen molar-refractivity contribution in [1.29, 1.82) is 0 Å². The zero-order chi connectivity index (χ0) is 17.8. The normalized spacial score (nSPS) is 11.7. The van der Waals surface area contributed by atoms with Crippen molar-refractivity contribution in [2.75, 3.05) is 0 Å². The molecular formula is C18H11N9. The van der Waals surface area contributed by atoms with E-state index in [4.69, 9.17) is 0 Å². The van der Waals surface area contributed by atoms with Gasteiger partial charge in [0.1, 0.15) is 12.7 Å². The molecule has 9 nitrogen and oxygen atoms in total. The van der Waals surface area contributed by atoms with E-state index in [-0.39, 0.29) is 0 Å². The first kappa shape index (κ1) is 14.1. The first-order valence-corrected chi connectivity index (χ1v) is 8.29. The first-order valence-electron chi connectivity index (χ1n) is 8.29. The van der Waals surface area contributed by atoms with Crippen molar-refractivity contribution in [2.24, 2.45) is 0 Å². The number of hydrogen-bond donors (Lipinski definition) is 0. The molecule has 0 N–H and O–H groups in total. The highest BCUT2D eigenvalue weighted by atomic mass is 15.4. The Bertz CT molecular complexity index is 1410. The molecule has 27 heavy (non-hydrogen) atoms. The molecule has 9 heteroatoms. The molecule has 0 atom stereocenters. The lowest BCUT2D eigenvalue weighted by atomic mass is 10.1. The molecule has 0 bridgehead atoms. The van der Waals surface area contributed by atoms with Crippen LogP contribution in [0.5, 0.6) is 0 Å². The number of fused-ring (bicyclic) bond motifs is 3. The molecule has 0 aliphatic carbocycles. The van der Waals surface area contributed by atoms with Crippen LogP contribution in [0.15, 0.2) is 67.6 Å². The molecule has 6 heterocycles. The highest BCUT2D eigenvalue weighted by Gasteiger charge is 2.10. The fourth-order valence-corrected chi connectivity index (χ4v) is 3.14. The van der Waals surface area contributed by atoms with Gasteiger partial charge in [0.25, 0.3) is 0 Å². The standard InChI is InChI=1S/C18H11N9/c1-3-19-10-26-14(1)7-17(23-26)13-5-15-8-16(24-27(15)21-9-13)12-2-4-25-11-20-22-18(25)6-12/h1-11H. The van der Waals surface area contributed by atoms with Gasteiger partial charge in [-0.1, -0.05) is 0 Å². The van der Waals surface area contributed by atoms with Gasteiger partial charge in [0, 0.05) is 23.5 Å². The third kappa shape index (κ3) is 2.18. The van der Waals surface area contributed by atoms with Gasteiger partial charge in [-0.15, -0.1) is 15.3 Å². The van der Waals surface area contributed by atoms with Gasteiger partial charge in [0.15, 0.2) is 5.65 Å². The number of nitrogens with zero attached hydrogens (tertiary/aromatic N) is 9. The number of rotatable bonds is 2. The summed E-state index contributed by atoms with van der Waals surface area (Å²) in [4.78, 5) is 4.08. The van der Waals surface area contributed by atoms with Crippen LogP contribution in [-0.4, -0.2) is 44.0 Å². The maximum Gasteiger partial charge on any atom is 0.161 e. The van der Waals surface area contributed by atoms with E-state index in [0.717, 1.165) is 39.2 Å². The Morgan fingerprint density at radius 1 is 0.815 bits per heavy atom. The minimum absolute atomic E-state index is 0.775. The summed E-state index contributed by atoms with van der Waals surface area (Å²) in [5.41, 5.74) is 6.19. The SMILES string of the molecule is c1cc2cc(-c3cnn4nc(-c5ccn6cnnc6c5)cc4c3)nn2cn1. The minimum atomic E-state index is 0.775. The number of aromatic nitrogens is 9. The third-order valence-corrected chi connectivity index (χ3v) is 4.49. The Morgan fingerprint density at radius 3 is 2.70 bits per heavy atom.